The third kappa shape index (κ3) is 6.24. The molecule has 0 radical (unpaired) electrons. The number of ether oxygens (including phenoxy) is 3. The van der Waals surface area contributed by atoms with Gasteiger partial charge in [-0.1, -0.05) is 24.3 Å². The molecule has 0 unspecified atom stereocenters. The Bertz CT molecular complexity index is 835. The zero-order chi connectivity index (χ0) is 20.5. The molecule has 2 aromatic rings. The number of nitrogens with one attached hydrogen (secondary N) is 1. The number of anilines is 1. The van der Waals surface area contributed by atoms with E-state index in [0.717, 1.165) is 30.1 Å². The van der Waals surface area contributed by atoms with E-state index < -0.39 is 11.9 Å². The monoisotopic (exact) mass is 415 g/mol. The number of carbonyl (C=O) groups excluding carboxylic acids is 2. The second kappa shape index (κ2) is 10.9. The van der Waals surface area contributed by atoms with Crippen molar-refractivity contribution < 1.29 is 23.8 Å². The summed E-state index contributed by atoms with van der Waals surface area (Å²) >= 11 is 1.57. The maximum atomic E-state index is 12.5. The molecule has 0 aromatic heterocycles. The highest BCUT2D eigenvalue weighted by atomic mass is 32.2. The van der Waals surface area contributed by atoms with Gasteiger partial charge in [0.25, 0.3) is 5.91 Å². The van der Waals surface area contributed by atoms with Crippen LogP contribution in [0.15, 0.2) is 53.4 Å². The molecule has 0 spiro atoms. The Morgan fingerprint density at radius 2 is 1.97 bits per heavy atom. The van der Waals surface area contributed by atoms with Crippen molar-refractivity contribution >= 4 is 29.3 Å². The molecule has 3 rings (SSSR count). The third-order valence-corrected chi connectivity index (χ3v) is 5.56. The van der Waals surface area contributed by atoms with Crippen molar-refractivity contribution in [2.45, 2.75) is 30.8 Å². The Morgan fingerprint density at radius 1 is 1.17 bits per heavy atom. The van der Waals surface area contributed by atoms with Gasteiger partial charge in [0.2, 0.25) is 0 Å². The smallest absolute Gasteiger partial charge is 0.339 e. The molecule has 1 amide bonds. The van der Waals surface area contributed by atoms with Gasteiger partial charge in [0.05, 0.1) is 24.0 Å². The molecule has 0 bridgehead atoms. The van der Waals surface area contributed by atoms with Crippen molar-refractivity contribution in [3.63, 3.8) is 0 Å². The highest BCUT2D eigenvalue weighted by molar-refractivity contribution is 7.99. The summed E-state index contributed by atoms with van der Waals surface area (Å²) in [5, 5.41) is 2.72. The standard InChI is InChI=1S/C22H25NO5S/c1-2-26-19-11-5-4-10-18(19)23-21(24)14-28-22(25)17-9-3-6-12-20(17)29-15-16-8-7-13-27-16/h3-6,9-12,16H,2,7-8,13-15H2,1H3,(H,23,24)/t16-/m0/s1. The Kier molecular flexibility index (Phi) is 7.95. The summed E-state index contributed by atoms with van der Waals surface area (Å²) in [7, 11) is 0. The molecule has 6 nitrogen and oxygen atoms in total. The molecule has 0 saturated carbocycles. The predicted molar refractivity (Wildman–Crippen MR) is 113 cm³/mol. The molecule has 7 heteroatoms. The van der Waals surface area contributed by atoms with Crippen molar-refractivity contribution in [1.29, 1.82) is 0 Å². The maximum Gasteiger partial charge on any atom is 0.339 e. The summed E-state index contributed by atoms with van der Waals surface area (Å²) in [6.45, 7) is 2.79. The van der Waals surface area contributed by atoms with E-state index in [1.54, 1.807) is 42.1 Å². The van der Waals surface area contributed by atoms with Gasteiger partial charge < -0.3 is 19.5 Å². The second-order valence-corrected chi connectivity index (χ2v) is 7.56. The van der Waals surface area contributed by atoms with E-state index in [-0.39, 0.29) is 12.7 Å². The molecule has 1 saturated heterocycles. The number of hydrogen-bond acceptors (Lipinski definition) is 6. The van der Waals surface area contributed by atoms with Crippen LogP contribution >= 0.6 is 11.8 Å². The Balaban J connectivity index is 1.54. The molecule has 1 aliphatic rings. The number of esters is 1. The van der Waals surface area contributed by atoms with Crippen LogP contribution in [0.5, 0.6) is 5.75 Å². The van der Waals surface area contributed by atoms with E-state index in [2.05, 4.69) is 5.32 Å². The first-order valence-electron chi connectivity index (χ1n) is 9.69. The van der Waals surface area contributed by atoms with Gasteiger partial charge in [-0.05, 0) is 44.0 Å². The fraction of sp³-hybridized carbons (Fsp3) is 0.364. The minimum absolute atomic E-state index is 0.222. The minimum Gasteiger partial charge on any atom is -0.492 e. The van der Waals surface area contributed by atoms with E-state index >= 15 is 0 Å². The van der Waals surface area contributed by atoms with E-state index in [1.165, 1.54) is 0 Å². The van der Waals surface area contributed by atoms with Gasteiger partial charge in [0.15, 0.2) is 6.61 Å². The first kappa shape index (κ1) is 21.2. The number of hydrogen-bond donors (Lipinski definition) is 1. The summed E-state index contributed by atoms with van der Waals surface area (Å²) < 4.78 is 16.4. The van der Waals surface area contributed by atoms with Crippen molar-refractivity contribution in [2.75, 3.05) is 30.9 Å². The molecule has 1 atom stereocenters. The van der Waals surface area contributed by atoms with Crippen LogP contribution in [0.3, 0.4) is 0 Å². The Hall–Kier alpha value is -2.51. The largest absolute Gasteiger partial charge is 0.492 e. The van der Waals surface area contributed by atoms with Gasteiger partial charge in [0.1, 0.15) is 5.75 Å². The van der Waals surface area contributed by atoms with Crippen LogP contribution in [-0.2, 0) is 14.3 Å². The third-order valence-electron chi connectivity index (χ3n) is 4.35. The van der Waals surface area contributed by atoms with Crippen molar-refractivity contribution in [1.82, 2.24) is 0 Å². The van der Waals surface area contributed by atoms with E-state index in [9.17, 15) is 9.59 Å². The van der Waals surface area contributed by atoms with Crippen LogP contribution in [0, 0.1) is 0 Å². The lowest BCUT2D eigenvalue weighted by atomic mass is 10.2. The van der Waals surface area contributed by atoms with Crippen LogP contribution in [-0.4, -0.2) is 43.6 Å². The number of para-hydroxylation sites is 2. The lowest BCUT2D eigenvalue weighted by Gasteiger charge is -2.13. The van der Waals surface area contributed by atoms with Crippen LogP contribution in [0.25, 0.3) is 0 Å². The molecule has 1 N–H and O–H groups in total. The molecule has 1 fully saturated rings. The highest BCUT2D eigenvalue weighted by Crippen LogP contribution is 2.27. The first-order chi connectivity index (χ1) is 14.2. The fourth-order valence-corrected chi connectivity index (χ4v) is 4.08. The molecule has 154 valence electrons. The van der Waals surface area contributed by atoms with Gasteiger partial charge in [-0.25, -0.2) is 4.79 Å². The van der Waals surface area contributed by atoms with Crippen LogP contribution in [0.2, 0.25) is 0 Å². The highest BCUT2D eigenvalue weighted by Gasteiger charge is 2.19. The molecular formula is C22H25NO5S. The lowest BCUT2D eigenvalue weighted by molar-refractivity contribution is -0.119. The minimum atomic E-state index is -0.520. The fourth-order valence-electron chi connectivity index (χ4n) is 2.97. The zero-order valence-corrected chi connectivity index (χ0v) is 17.2. The van der Waals surface area contributed by atoms with Crippen molar-refractivity contribution in [2.24, 2.45) is 0 Å². The SMILES string of the molecule is CCOc1ccccc1NC(=O)COC(=O)c1ccccc1SC[C@@H]1CCCO1. The van der Waals surface area contributed by atoms with Crippen LogP contribution < -0.4 is 10.1 Å². The first-order valence-corrected chi connectivity index (χ1v) is 10.7. The summed E-state index contributed by atoms with van der Waals surface area (Å²) in [6, 6.07) is 14.4. The normalized spacial score (nSPS) is 15.7. The van der Waals surface area contributed by atoms with Crippen LogP contribution in [0.4, 0.5) is 5.69 Å². The number of carbonyl (C=O) groups is 2. The van der Waals surface area contributed by atoms with E-state index in [0.29, 0.717) is 23.6 Å². The molecule has 1 heterocycles. The second-order valence-electron chi connectivity index (χ2n) is 6.50. The molecule has 29 heavy (non-hydrogen) atoms. The molecule has 1 aliphatic heterocycles. The lowest BCUT2D eigenvalue weighted by Crippen LogP contribution is -2.21. The average Bonchev–Trinajstić information content (AvgIpc) is 3.26. The molecule has 2 aromatic carbocycles. The van der Waals surface area contributed by atoms with Crippen LogP contribution in [0.1, 0.15) is 30.1 Å². The summed E-state index contributed by atoms with van der Waals surface area (Å²) in [6.07, 6.45) is 2.35. The van der Waals surface area contributed by atoms with E-state index in [4.69, 9.17) is 14.2 Å². The number of amides is 1. The maximum absolute atomic E-state index is 12.5. The van der Waals surface area contributed by atoms with Gasteiger partial charge in [-0.2, -0.15) is 0 Å². The average molecular weight is 416 g/mol. The predicted octanol–water partition coefficient (Wildman–Crippen LogP) is 4.15. The van der Waals surface area contributed by atoms with Crippen molar-refractivity contribution in [3.05, 3.63) is 54.1 Å². The number of rotatable bonds is 9. The Labute approximate surface area is 174 Å². The molecule has 0 aliphatic carbocycles. The van der Waals surface area contributed by atoms with E-state index in [1.807, 2.05) is 25.1 Å². The van der Waals surface area contributed by atoms with Gasteiger partial charge in [-0.15, -0.1) is 11.8 Å². The molecular weight excluding hydrogens is 390 g/mol. The van der Waals surface area contributed by atoms with Gasteiger partial charge in [-0.3, -0.25) is 4.79 Å². The van der Waals surface area contributed by atoms with Crippen molar-refractivity contribution in [3.8, 4) is 5.75 Å². The summed E-state index contributed by atoms with van der Waals surface area (Å²) in [5.41, 5.74) is 1.00. The summed E-state index contributed by atoms with van der Waals surface area (Å²) in [4.78, 5) is 25.6. The Morgan fingerprint density at radius 3 is 2.76 bits per heavy atom. The topological polar surface area (TPSA) is 73.9 Å². The number of thioether (sulfide) groups is 1. The summed E-state index contributed by atoms with van der Waals surface area (Å²) in [5.74, 6) is 0.424. The quantitative estimate of drug-likeness (QED) is 0.490. The number of benzene rings is 2. The zero-order valence-electron chi connectivity index (χ0n) is 16.4. The van der Waals surface area contributed by atoms with Gasteiger partial charge >= 0.3 is 5.97 Å². The van der Waals surface area contributed by atoms with Gasteiger partial charge in [0, 0.05) is 17.3 Å².